The minimum absolute atomic E-state index is 0.129. The van der Waals surface area contributed by atoms with E-state index in [-0.39, 0.29) is 18.3 Å². The summed E-state index contributed by atoms with van der Waals surface area (Å²) in [5.74, 6) is 1.08. The molecule has 0 unspecified atom stereocenters. The molecule has 0 bridgehead atoms. The lowest BCUT2D eigenvalue weighted by Gasteiger charge is -2.34. The molecule has 1 N–H and O–H groups in total. The molecule has 46 heavy (non-hydrogen) atoms. The summed E-state index contributed by atoms with van der Waals surface area (Å²) < 4.78 is 42.9. The Bertz CT molecular complexity index is 1010. The van der Waals surface area contributed by atoms with Gasteiger partial charge in [0.15, 0.2) is 0 Å². The largest absolute Gasteiger partial charge is 0.493 e. The van der Waals surface area contributed by atoms with Gasteiger partial charge in [0.25, 0.3) is 5.09 Å². The third-order valence-electron chi connectivity index (χ3n) is 7.56. The van der Waals surface area contributed by atoms with Crippen LogP contribution in [0.2, 0.25) is 0 Å². The van der Waals surface area contributed by atoms with Gasteiger partial charge >= 0.3 is 6.18 Å². The SMILES string of the molecule is C/C=C\CCCC(=O)NCCN1CCN(CCCO[N+](=O)[O-])CC1.CC.FC(F)(F)c1cccc(OCC/C=C/C2CCCC2)c1. The first kappa shape index (κ1) is 40.9. The topological polar surface area (TPSA) is 97.2 Å². The zero-order valence-corrected chi connectivity index (χ0v) is 27.9. The van der Waals surface area contributed by atoms with Crippen LogP contribution in [0.3, 0.4) is 0 Å². The number of nitrogens with one attached hydrogen (secondary N) is 1. The number of carbonyl (C=O) groups is 1. The van der Waals surface area contributed by atoms with Crippen LogP contribution >= 0.6 is 0 Å². The van der Waals surface area contributed by atoms with Crippen LogP contribution < -0.4 is 10.1 Å². The number of hydrogen-bond donors (Lipinski definition) is 1. The number of hydrogen-bond acceptors (Lipinski definition) is 7. The van der Waals surface area contributed by atoms with E-state index in [9.17, 15) is 28.1 Å². The van der Waals surface area contributed by atoms with E-state index in [0.29, 0.717) is 31.9 Å². The summed E-state index contributed by atoms with van der Waals surface area (Å²) in [5.41, 5.74) is -0.670. The summed E-state index contributed by atoms with van der Waals surface area (Å²) in [6.45, 7) is 12.8. The number of ether oxygens (including phenoxy) is 1. The molecule has 2 fully saturated rings. The zero-order valence-electron chi connectivity index (χ0n) is 27.9. The second-order valence-electron chi connectivity index (χ2n) is 11.0. The second-order valence-corrected chi connectivity index (χ2v) is 11.0. The van der Waals surface area contributed by atoms with E-state index in [1.54, 1.807) is 6.07 Å². The Morgan fingerprint density at radius 1 is 1.02 bits per heavy atom. The molecule has 3 rings (SSSR count). The standard InChI is InChI=1S/C16H19F3O.C16H30N4O4.C2H6/c17-16(18,19)14-9-5-10-15(12-14)20-11-4-3-8-13-6-1-2-7-13;1-2-3-4-5-7-16(21)17-8-10-19-13-11-18(12-14-19)9-6-15-24-20(22)23;1-2/h3,5,8-10,12-13H,1-2,4,6-7,11H2;2-3H,4-15H2,1H3,(H,17,21);1-2H3/b8-3+;3-2-;. The van der Waals surface area contributed by atoms with E-state index < -0.39 is 16.8 Å². The molecule has 1 aromatic rings. The fraction of sp³-hybridized carbons (Fsp3) is 0.676. The maximum atomic E-state index is 12.5. The van der Waals surface area contributed by atoms with Crippen LogP contribution in [0.4, 0.5) is 13.2 Å². The summed E-state index contributed by atoms with van der Waals surface area (Å²) in [4.78, 5) is 30.7. The van der Waals surface area contributed by atoms with Crippen molar-refractivity contribution in [3.8, 4) is 5.75 Å². The van der Waals surface area contributed by atoms with Crippen molar-refractivity contribution in [3.05, 3.63) is 64.2 Å². The molecule has 1 aromatic carbocycles. The molecular formula is C34H55F3N4O5. The van der Waals surface area contributed by atoms with Gasteiger partial charge in [0, 0.05) is 52.2 Å². The van der Waals surface area contributed by atoms with Crippen molar-refractivity contribution in [2.75, 3.05) is 59.0 Å². The number of allylic oxidation sites excluding steroid dienone is 3. The van der Waals surface area contributed by atoms with Crippen molar-refractivity contribution in [1.82, 2.24) is 15.1 Å². The molecule has 1 saturated carbocycles. The van der Waals surface area contributed by atoms with Crippen LogP contribution in [0.15, 0.2) is 48.6 Å². The van der Waals surface area contributed by atoms with Crippen LogP contribution in [0.1, 0.15) is 84.1 Å². The smallest absolute Gasteiger partial charge is 0.416 e. The van der Waals surface area contributed by atoms with E-state index in [0.717, 1.165) is 70.7 Å². The third kappa shape index (κ3) is 20.1. The molecule has 1 heterocycles. The Hall–Kier alpha value is -3.12. The Balaban J connectivity index is 0.000000442. The fourth-order valence-electron chi connectivity index (χ4n) is 5.10. The molecule has 1 aliphatic carbocycles. The molecule has 9 nitrogen and oxygen atoms in total. The first-order valence-electron chi connectivity index (χ1n) is 16.7. The number of piperazine rings is 1. The van der Waals surface area contributed by atoms with Gasteiger partial charge in [-0.15, -0.1) is 10.1 Å². The van der Waals surface area contributed by atoms with Gasteiger partial charge in [-0.1, -0.05) is 57.1 Å². The van der Waals surface area contributed by atoms with Crippen LogP contribution in [0.25, 0.3) is 0 Å². The van der Waals surface area contributed by atoms with E-state index in [1.165, 1.54) is 31.7 Å². The Kier molecular flexibility index (Phi) is 22.3. The Morgan fingerprint density at radius 2 is 1.70 bits per heavy atom. The number of alkyl halides is 3. The second kappa shape index (κ2) is 25.0. The van der Waals surface area contributed by atoms with E-state index >= 15 is 0 Å². The van der Waals surface area contributed by atoms with Gasteiger partial charge in [-0.3, -0.25) is 9.69 Å². The van der Waals surface area contributed by atoms with Gasteiger partial charge in [0.1, 0.15) is 5.75 Å². The Labute approximate surface area is 273 Å². The van der Waals surface area contributed by atoms with Crippen molar-refractivity contribution in [3.63, 3.8) is 0 Å². The van der Waals surface area contributed by atoms with E-state index in [4.69, 9.17) is 4.74 Å². The third-order valence-corrected chi connectivity index (χ3v) is 7.56. The summed E-state index contributed by atoms with van der Waals surface area (Å²) in [5, 5.41) is 12.3. The zero-order chi connectivity index (χ0) is 34.0. The van der Waals surface area contributed by atoms with Gasteiger partial charge in [-0.2, -0.15) is 13.2 Å². The predicted octanol–water partition coefficient (Wildman–Crippen LogP) is 7.31. The quantitative estimate of drug-likeness (QED) is 0.0813. The van der Waals surface area contributed by atoms with Crippen molar-refractivity contribution in [2.45, 2.75) is 84.7 Å². The minimum atomic E-state index is -4.32. The molecule has 12 heteroatoms. The fourth-order valence-corrected chi connectivity index (χ4v) is 5.10. The first-order valence-corrected chi connectivity index (χ1v) is 16.7. The molecule has 0 aromatic heterocycles. The number of benzene rings is 1. The molecule has 0 radical (unpaired) electrons. The number of unbranched alkanes of at least 4 members (excludes halogenated alkanes) is 1. The highest BCUT2D eigenvalue weighted by molar-refractivity contribution is 5.75. The van der Waals surface area contributed by atoms with Crippen LogP contribution in [-0.2, 0) is 15.8 Å². The normalized spacial score (nSPS) is 16.0. The van der Waals surface area contributed by atoms with Crippen molar-refractivity contribution >= 4 is 5.91 Å². The van der Waals surface area contributed by atoms with E-state index in [2.05, 4.69) is 38.2 Å². The maximum absolute atomic E-state index is 12.5. The highest BCUT2D eigenvalue weighted by Crippen LogP contribution is 2.31. The minimum Gasteiger partial charge on any atom is -0.493 e. The summed E-state index contributed by atoms with van der Waals surface area (Å²) in [6.07, 6.45) is 13.0. The van der Waals surface area contributed by atoms with Gasteiger partial charge < -0.3 is 19.8 Å². The lowest BCUT2D eigenvalue weighted by molar-refractivity contribution is -0.757. The van der Waals surface area contributed by atoms with Crippen LogP contribution in [-0.4, -0.2) is 79.8 Å². The van der Waals surface area contributed by atoms with Crippen molar-refractivity contribution in [1.29, 1.82) is 0 Å². The van der Waals surface area contributed by atoms with Gasteiger partial charge in [0.2, 0.25) is 5.91 Å². The summed E-state index contributed by atoms with van der Waals surface area (Å²) in [7, 11) is 0. The molecule has 1 amide bonds. The lowest BCUT2D eigenvalue weighted by Crippen LogP contribution is -2.48. The van der Waals surface area contributed by atoms with Crippen molar-refractivity contribution in [2.24, 2.45) is 5.92 Å². The lowest BCUT2D eigenvalue weighted by atomic mass is 10.1. The van der Waals surface area contributed by atoms with E-state index in [1.807, 2.05) is 26.8 Å². The first-order chi connectivity index (χ1) is 22.2. The number of nitrogens with zero attached hydrogens (tertiary/aromatic N) is 3. The molecule has 0 atom stereocenters. The molecular weight excluding hydrogens is 601 g/mol. The highest BCUT2D eigenvalue weighted by atomic mass is 19.4. The highest BCUT2D eigenvalue weighted by Gasteiger charge is 2.30. The number of amides is 1. The van der Waals surface area contributed by atoms with Gasteiger partial charge in [-0.25, -0.2) is 0 Å². The monoisotopic (exact) mass is 656 g/mol. The van der Waals surface area contributed by atoms with Crippen LogP contribution in [0.5, 0.6) is 5.75 Å². The average molecular weight is 657 g/mol. The average Bonchev–Trinajstić information content (AvgIpc) is 3.57. The van der Waals surface area contributed by atoms with Crippen molar-refractivity contribution < 1.29 is 32.6 Å². The summed E-state index contributed by atoms with van der Waals surface area (Å²) >= 11 is 0. The number of rotatable bonds is 17. The Morgan fingerprint density at radius 3 is 2.33 bits per heavy atom. The molecule has 1 saturated heterocycles. The molecule has 2 aliphatic rings. The molecule has 1 aliphatic heterocycles. The molecule has 262 valence electrons. The maximum Gasteiger partial charge on any atom is 0.416 e. The number of carbonyl (C=O) groups excluding carboxylic acids is 1. The summed E-state index contributed by atoms with van der Waals surface area (Å²) in [6, 6.07) is 5.01. The number of halogens is 3. The van der Waals surface area contributed by atoms with Gasteiger partial charge in [-0.05, 0) is 69.6 Å². The predicted molar refractivity (Wildman–Crippen MR) is 176 cm³/mol. The van der Waals surface area contributed by atoms with Crippen LogP contribution in [0, 0.1) is 16.0 Å². The molecule has 0 spiro atoms. The van der Waals surface area contributed by atoms with Gasteiger partial charge in [0.05, 0.1) is 18.8 Å².